The summed E-state index contributed by atoms with van der Waals surface area (Å²) in [5, 5.41) is 0.549. The van der Waals surface area contributed by atoms with Crippen LogP contribution in [0.3, 0.4) is 0 Å². The van der Waals surface area contributed by atoms with E-state index in [1.54, 1.807) is 48.5 Å². The molecule has 8 heteroatoms. The maximum Gasteiger partial charge on any atom is 0.257 e. The van der Waals surface area contributed by atoms with Crippen LogP contribution in [-0.2, 0) is 16.0 Å². The Balaban J connectivity index is 1.65. The molecule has 0 radical (unpaired) electrons. The molecule has 1 saturated heterocycles. The Labute approximate surface area is 203 Å². The third kappa shape index (κ3) is 4.99. The summed E-state index contributed by atoms with van der Waals surface area (Å²) in [4.78, 5) is 41.8. The number of benzene rings is 3. The van der Waals surface area contributed by atoms with Gasteiger partial charge in [0, 0.05) is 16.0 Å². The van der Waals surface area contributed by atoms with Crippen molar-refractivity contribution in [3.8, 4) is 0 Å². The van der Waals surface area contributed by atoms with Gasteiger partial charge in [-0.25, -0.2) is 9.29 Å². The maximum absolute atomic E-state index is 14.4. The largest absolute Gasteiger partial charge is 0.326 e. The summed E-state index contributed by atoms with van der Waals surface area (Å²) in [6.07, 6.45) is 0.210. The molecule has 0 aliphatic carbocycles. The number of hydrogen-bond acceptors (Lipinski definition) is 3. The molecule has 5 nitrogen and oxygen atoms in total. The van der Waals surface area contributed by atoms with Crippen LogP contribution in [-0.4, -0.2) is 35.2 Å². The first kappa shape index (κ1) is 23.1. The molecule has 1 aliphatic rings. The molecule has 33 heavy (non-hydrogen) atoms. The molecule has 0 N–H and O–H groups in total. The van der Waals surface area contributed by atoms with Crippen LogP contribution in [0.5, 0.6) is 0 Å². The molecular formula is C25H19BrClFN2O3. The van der Waals surface area contributed by atoms with Crippen molar-refractivity contribution in [1.29, 1.82) is 0 Å². The molecule has 1 fully saturated rings. The van der Waals surface area contributed by atoms with E-state index < -0.39 is 29.6 Å². The minimum absolute atomic E-state index is 0.116. The first-order chi connectivity index (χ1) is 15.8. The summed E-state index contributed by atoms with van der Waals surface area (Å²) < 4.78 is 15.2. The summed E-state index contributed by atoms with van der Waals surface area (Å²) in [5.74, 6) is -2.25. The van der Waals surface area contributed by atoms with E-state index in [0.29, 0.717) is 17.1 Å². The number of amides is 3. The Kier molecular flexibility index (Phi) is 6.91. The number of anilines is 1. The highest BCUT2D eigenvalue weighted by molar-refractivity contribution is 9.10. The predicted octanol–water partition coefficient (Wildman–Crippen LogP) is 5.26. The number of hydrogen-bond donors (Lipinski definition) is 0. The monoisotopic (exact) mass is 528 g/mol. The summed E-state index contributed by atoms with van der Waals surface area (Å²) >= 11 is 9.40. The molecule has 1 unspecified atom stereocenters. The zero-order valence-electron chi connectivity index (χ0n) is 17.4. The highest BCUT2D eigenvalue weighted by Crippen LogP contribution is 2.28. The van der Waals surface area contributed by atoms with Crippen LogP contribution in [0.25, 0.3) is 0 Å². The lowest BCUT2D eigenvalue weighted by molar-refractivity contribution is -0.122. The van der Waals surface area contributed by atoms with Gasteiger partial charge in [-0.15, -0.1) is 0 Å². The molecule has 0 bridgehead atoms. The first-order valence-electron chi connectivity index (χ1n) is 10.3. The average Bonchev–Trinajstić information content (AvgIpc) is 3.08. The molecule has 0 aromatic heterocycles. The van der Waals surface area contributed by atoms with Gasteiger partial charge in [0.25, 0.3) is 11.8 Å². The van der Waals surface area contributed by atoms with E-state index in [1.165, 1.54) is 23.1 Å². The van der Waals surface area contributed by atoms with Gasteiger partial charge in [0.1, 0.15) is 11.9 Å². The van der Waals surface area contributed by atoms with Crippen molar-refractivity contribution in [2.24, 2.45) is 0 Å². The van der Waals surface area contributed by atoms with Crippen molar-refractivity contribution in [3.63, 3.8) is 0 Å². The maximum atomic E-state index is 14.4. The lowest BCUT2D eigenvalue weighted by Crippen LogP contribution is -2.46. The highest BCUT2D eigenvalue weighted by Gasteiger charge is 2.44. The molecule has 4 rings (SSSR count). The molecule has 3 aromatic rings. The second kappa shape index (κ2) is 9.85. The van der Waals surface area contributed by atoms with E-state index in [-0.39, 0.29) is 18.5 Å². The highest BCUT2D eigenvalue weighted by atomic mass is 79.9. The average molecular weight is 530 g/mol. The number of rotatable bonds is 6. The molecule has 1 atom stereocenters. The summed E-state index contributed by atoms with van der Waals surface area (Å²) in [6.45, 7) is 0.116. The minimum atomic E-state index is -1.03. The molecule has 3 aromatic carbocycles. The van der Waals surface area contributed by atoms with Crippen LogP contribution in [0.4, 0.5) is 10.1 Å². The third-order valence-electron chi connectivity index (χ3n) is 5.48. The van der Waals surface area contributed by atoms with Gasteiger partial charge in [-0.05, 0) is 60.5 Å². The third-order valence-corrected chi connectivity index (χ3v) is 6.24. The van der Waals surface area contributed by atoms with Gasteiger partial charge < -0.3 is 4.90 Å². The standard InChI is InChI=1S/C25H19BrClFN2O3/c26-17-8-10-19(11-9-17)30-23(31)15-22(25(30)33)29(13-12-16-4-3-5-18(27)14-16)24(32)20-6-1-2-7-21(20)28/h1-11,14,22H,12-13,15H2. The number of carbonyl (C=O) groups excluding carboxylic acids is 3. The zero-order valence-corrected chi connectivity index (χ0v) is 19.7. The molecule has 1 heterocycles. The van der Waals surface area contributed by atoms with Crippen molar-refractivity contribution < 1.29 is 18.8 Å². The van der Waals surface area contributed by atoms with Crippen LogP contribution in [0.1, 0.15) is 22.3 Å². The van der Waals surface area contributed by atoms with Gasteiger partial charge in [-0.3, -0.25) is 14.4 Å². The van der Waals surface area contributed by atoms with Gasteiger partial charge >= 0.3 is 0 Å². The Hall–Kier alpha value is -3.03. The second-order valence-electron chi connectivity index (χ2n) is 7.62. The normalized spacial score (nSPS) is 15.7. The number of nitrogens with zero attached hydrogens (tertiary/aromatic N) is 2. The SMILES string of the molecule is O=C1CC(N(CCc2cccc(Cl)c2)C(=O)c2ccccc2F)C(=O)N1c1ccc(Br)cc1. The first-order valence-corrected chi connectivity index (χ1v) is 11.4. The van der Waals surface area contributed by atoms with Gasteiger partial charge in [0.05, 0.1) is 17.7 Å². The van der Waals surface area contributed by atoms with Crippen LogP contribution < -0.4 is 4.90 Å². The second-order valence-corrected chi connectivity index (χ2v) is 8.97. The lowest BCUT2D eigenvalue weighted by Gasteiger charge is -2.28. The fraction of sp³-hybridized carbons (Fsp3) is 0.160. The van der Waals surface area contributed by atoms with E-state index >= 15 is 0 Å². The van der Waals surface area contributed by atoms with E-state index in [2.05, 4.69) is 15.9 Å². The van der Waals surface area contributed by atoms with E-state index in [1.807, 2.05) is 6.07 Å². The molecule has 0 spiro atoms. The molecule has 168 valence electrons. The van der Waals surface area contributed by atoms with Crippen molar-refractivity contribution >= 4 is 50.9 Å². The van der Waals surface area contributed by atoms with E-state index in [9.17, 15) is 18.8 Å². The van der Waals surface area contributed by atoms with Crippen molar-refractivity contribution in [3.05, 3.63) is 99.2 Å². The number of halogens is 3. The van der Waals surface area contributed by atoms with Crippen molar-refractivity contribution in [2.45, 2.75) is 18.9 Å². The summed E-state index contributed by atoms with van der Waals surface area (Å²) in [6, 6.07) is 18.5. The molecule has 0 saturated carbocycles. The Bertz CT molecular complexity index is 1220. The topological polar surface area (TPSA) is 57.7 Å². The van der Waals surface area contributed by atoms with Crippen LogP contribution in [0.15, 0.2) is 77.3 Å². The van der Waals surface area contributed by atoms with Crippen LogP contribution >= 0.6 is 27.5 Å². The summed E-state index contributed by atoms with van der Waals surface area (Å²) in [5.41, 5.74) is 1.13. The van der Waals surface area contributed by atoms with Gasteiger partial charge in [-0.2, -0.15) is 0 Å². The Morgan fingerprint density at radius 2 is 1.79 bits per heavy atom. The number of carbonyl (C=O) groups is 3. The molecular weight excluding hydrogens is 511 g/mol. The van der Waals surface area contributed by atoms with Crippen molar-refractivity contribution in [1.82, 2.24) is 4.90 Å². The fourth-order valence-electron chi connectivity index (χ4n) is 3.85. The number of imide groups is 1. The van der Waals surface area contributed by atoms with Gasteiger partial charge in [-0.1, -0.05) is 51.8 Å². The molecule has 1 aliphatic heterocycles. The lowest BCUT2D eigenvalue weighted by atomic mass is 10.1. The fourth-order valence-corrected chi connectivity index (χ4v) is 4.33. The van der Waals surface area contributed by atoms with E-state index in [4.69, 9.17) is 11.6 Å². The summed E-state index contributed by atoms with van der Waals surface area (Å²) in [7, 11) is 0. The van der Waals surface area contributed by atoms with Crippen LogP contribution in [0.2, 0.25) is 5.02 Å². The zero-order chi connectivity index (χ0) is 23.5. The van der Waals surface area contributed by atoms with Gasteiger partial charge in [0.15, 0.2) is 0 Å². The van der Waals surface area contributed by atoms with Crippen molar-refractivity contribution in [2.75, 3.05) is 11.4 Å². The van der Waals surface area contributed by atoms with E-state index in [0.717, 1.165) is 14.9 Å². The Morgan fingerprint density at radius 3 is 2.48 bits per heavy atom. The predicted molar refractivity (Wildman–Crippen MR) is 128 cm³/mol. The van der Waals surface area contributed by atoms with Crippen LogP contribution in [0, 0.1) is 5.82 Å². The quantitative estimate of drug-likeness (QED) is 0.410. The Morgan fingerprint density at radius 1 is 1.06 bits per heavy atom. The smallest absolute Gasteiger partial charge is 0.257 e. The molecule has 3 amide bonds. The minimum Gasteiger partial charge on any atom is -0.326 e. The van der Waals surface area contributed by atoms with Gasteiger partial charge in [0.2, 0.25) is 5.91 Å².